The van der Waals surface area contributed by atoms with Crippen molar-refractivity contribution in [3.8, 4) is 28.1 Å². The van der Waals surface area contributed by atoms with Gasteiger partial charge in [0.1, 0.15) is 5.75 Å². The molecule has 110 valence electrons. The zero-order valence-corrected chi connectivity index (χ0v) is 12.1. The Hall–Kier alpha value is -3.08. The molecule has 3 rings (SSSR count). The number of primary amides is 1. The van der Waals surface area contributed by atoms with Crippen LogP contribution in [0, 0.1) is 0 Å². The number of ether oxygens (including phenoxy) is 1. The van der Waals surface area contributed by atoms with Crippen molar-refractivity contribution in [2.45, 2.75) is 0 Å². The Bertz CT molecular complexity index is 810. The smallest absolute Gasteiger partial charge is 0.409 e. The third-order valence-corrected chi connectivity index (χ3v) is 3.24. The lowest BCUT2D eigenvalue weighted by Gasteiger charge is -2.08. The fourth-order valence-electron chi connectivity index (χ4n) is 2.29. The van der Waals surface area contributed by atoms with Crippen LogP contribution in [0.15, 0.2) is 60.8 Å². The van der Waals surface area contributed by atoms with E-state index in [9.17, 15) is 4.79 Å². The first kappa shape index (κ1) is 13.9. The van der Waals surface area contributed by atoms with E-state index in [1.54, 1.807) is 16.8 Å². The summed E-state index contributed by atoms with van der Waals surface area (Å²) >= 11 is 0. The molecule has 0 bridgehead atoms. The summed E-state index contributed by atoms with van der Waals surface area (Å²) in [6.07, 6.45) is 1.02. The number of aryl methyl sites for hydroxylation is 1. The highest BCUT2D eigenvalue weighted by molar-refractivity contribution is 5.76. The van der Waals surface area contributed by atoms with Crippen molar-refractivity contribution in [3.05, 3.63) is 60.8 Å². The maximum Gasteiger partial charge on any atom is 0.409 e. The van der Waals surface area contributed by atoms with Gasteiger partial charge in [-0.3, -0.25) is 4.68 Å². The summed E-state index contributed by atoms with van der Waals surface area (Å²) in [7, 11) is 1.85. The average Bonchev–Trinajstić information content (AvgIpc) is 2.94. The van der Waals surface area contributed by atoms with E-state index in [0.29, 0.717) is 5.75 Å². The summed E-state index contributed by atoms with van der Waals surface area (Å²) in [4.78, 5) is 11.0. The Kier molecular flexibility index (Phi) is 3.62. The van der Waals surface area contributed by atoms with Gasteiger partial charge in [0.15, 0.2) is 0 Å². The summed E-state index contributed by atoms with van der Waals surface area (Å²) in [6.45, 7) is 0. The predicted octanol–water partition coefficient (Wildman–Crippen LogP) is 3.21. The Morgan fingerprint density at radius 3 is 2.41 bits per heavy atom. The van der Waals surface area contributed by atoms with E-state index >= 15 is 0 Å². The monoisotopic (exact) mass is 293 g/mol. The second-order valence-electron chi connectivity index (χ2n) is 4.91. The molecule has 1 heterocycles. The number of nitrogens with two attached hydrogens (primary N) is 1. The van der Waals surface area contributed by atoms with Gasteiger partial charge < -0.3 is 10.5 Å². The minimum Gasteiger partial charge on any atom is -0.410 e. The highest BCUT2D eigenvalue weighted by atomic mass is 16.5. The van der Waals surface area contributed by atoms with Crippen LogP contribution >= 0.6 is 0 Å². The number of carbonyl (C=O) groups is 1. The summed E-state index contributed by atoms with van der Waals surface area (Å²) in [5, 5.41) is 4.38. The van der Waals surface area contributed by atoms with E-state index in [-0.39, 0.29) is 0 Å². The molecule has 0 fully saturated rings. The van der Waals surface area contributed by atoms with Gasteiger partial charge >= 0.3 is 6.09 Å². The summed E-state index contributed by atoms with van der Waals surface area (Å²) < 4.78 is 6.77. The number of rotatable bonds is 3. The van der Waals surface area contributed by atoms with E-state index in [2.05, 4.69) is 5.10 Å². The van der Waals surface area contributed by atoms with Crippen LogP contribution in [0.25, 0.3) is 22.4 Å². The number of benzene rings is 2. The third-order valence-electron chi connectivity index (χ3n) is 3.24. The van der Waals surface area contributed by atoms with Crippen LogP contribution in [0.1, 0.15) is 0 Å². The molecule has 22 heavy (non-hydrogen) atoms. The lowest BCUT2D eigenvalue weighted by atomic mass is 10.0. The molecule has 2 N–H and O–H groups in total. The van der Waals surface area contributed by atoms with Crippen molar-refractivity contribution in [1.29, 1.82) is 0 Å². The van der Waals surface area contributed by atoms with Gasteiger partial charge in [-0.1, -0.05) is 30.3 Å². The van der Waals surface area contributed by atoms with E-state index in [1.165, 1.54) is 0 Å². The van der Waals surface area contributed by atoms with Crippen LogP contribution < -0.4 is 10.5 Å². The first-order chi connectivity index (χ1) is 10.6. The van der Waals surface area contributed by atoms with Crippen LogP contribution in [-0.4, -0.2) is 15.9 Å². The number of amides is 1. The molecule has 3 aromatic rings. The first-order valence-corrected chi connectivity index (χ1v) is 6.79. The molecule has 5 heteroatoms. The SMILES string of the molecule is Cn1ccc(-c2cc(OC(N)=O)cc(-c3ccccc3)c2)n1. The van der Waals surface area contributed by atoms with E-state index in [4.69, 9.17) is 10.5 Å². The number of hydrogen-bond acceptors (Lipinski definition) is 3. The molecule has 0 aliphatic rings. The number of carbonyl (C=O) groups excluding carboxylic acids is 1. The largest absolute Gasteiger partial charge is 0.410 e. The summed E-state index contributed by atoms with van der Waals surface area (Å²) in [5.41, 5.74) is 8.74. The topological polar surface area (TPSA) is 70.1 Å². The van der Waals surface area contributed by atoms with E-state index in [0.717, 1.165) is 22.4 Å². The lowest BCUT2D eigenvalue weighted by Crippen LogP contribution is -2.16. The molecule has 5 nitrogen and oxygen atoms in total. The Labute approximate surface area is 127 Å². The molecule has 0 saturated carbocycles. The minimum atomic E-state index is -0.836. The lowest BCUT2D eigenvalue weighted by molar-refractivity contribution is 0.211. The summed E-state index contributed by atoms with van der Waals surface area (Å²) in [5.74, 6) is 0.398. The third kappa shape index (κ3) is 2.98. The van der Waals surface area contributed by atoms with Crippen molar-refractivity contribution in [2.75, 3.05) is 0 Å². The molecule has 0 aliphatic carbocycles. The van der Waals surface area contributed by atoms with Crippen molar-refractivity contribution < 1.29 is 9.53 Å². The fourth-order valence-corrected chi connectivity index (χ4v) is 2.29. The van der Waals surface area contributed by atoms with Crippen molar-refractivity contribution >= 4 is 6.09 Å². The Morgan fingerprint density at radius 2 is 1.77 bits per heavy atom. The molecule has 0 unspecified atom stereocenters. The molecule has 0 aliphatic heterocycles. The van der Waals surface area contributed by atoms with Crippen LogP contribution in [0.5, 0.6) is 5.75 Å². The predicted molar refractivity (Wildman–Crippen MR) is 84.3 cm³/mol. The molecule has 0 radical (unpaired) electrons. The highest BCUT2D eigenvalue weighted by Crippen LogP contribution is 2.30. The summed E-state index contributed by atoms with van der Waals surface area (Å²) in [6, 6.07) is 17.3. The van der Waals surface area contributed by atoms with Gasteiger partial charge in [0.05, 0.1) is 5.69 Å². The van der Waals surface area contributed by atoms with E-state index in [1.807, 2.05) is 55.7 Å². The zero-order chi connectivity index (χ0) is 15.5. The molecule has 0 atom stereocenters. The molecular weight excluding hydrogens is 278 g/mol. The van der Waals surface area contributed by atoms with Gasteiger partial charge in [-0.25, -0.2) is 4.79 Å². The molecule has 0 spiro atoms. The van der Waals surface area contributed by atoms with Crippen LogP contribution in [0.4, 0.5) is 4.79 Å². The normalized spacial score (nSPS) is 10.4. The molecular formula is C17H15N3O2. The average molecular weight is 293 g/mol. The number of hydrogen-bond donors (Lipinski definition) is 1. The fraction of sp³-hybridized carbons (Fsp3) is 0.0588. The minimum absolute atomic E-state index is 0.398. The van der Waals surface area contributed by atoms with Crippen molar-refractivity contribution in [1.82, 2.24) is 9.78 Å². The van der Waals surface area contributed by atoms with Gasteiger partial charge in [-0.2, -0.15) is 5.10 Å². The van der Waals surface area contributed by atoms with Gasteiger partial charge in [-0.15, -0.1) is 0 Å². The zero-order valence-electron chi connectivity index (χ0n) is 12.1. The molecule has 1 aromatic heterocycles. The first-order valence-electron chi connectivity index (χ1n) is 6.79. The van der Waals surface area contributed by atoms with Gasteiger partial charge in [-0.05, 0) is 35.4 Å². The second-order valence-corrected chi connectivity index (χ2v) is 4.91. The maximum atomic E-state index is 11.0. The molecule has 1 amide bonds. The van der Waals surface area contributed by atoms with Crippen LogP contribution in [0.2, 0.25) is 0 Å². The van der Waals surface area contributed by atoms with Crippen LogP contribution in [0.3, 0.4) is 0 Å². The highest BCUT2D eigenvalue weighted by Gasteiger charge is 2.09. The second kappa shape index (κ2) is 5.73. The Morgan fingerprint density at radius 1 is 1.05 bits per heavy atom. The maximum absolute atomic E-state index is 11.0. The van der Waals surface area contributed by atoms with Crippen LogP contribution in [-0.2, 0) is 7.05 Å². The Balaban J connectivity index is 2.11. The standard InChI is InChI=1S/C17H15N3O2/c1-20-8-7-16(19-20)14-9-13(12-5-3-2-4-6-12)10-15(11-14)22-17(18)21/h2-11H,1H3,(H2,18,21). The number of nitrogens with zero attached hydrogens (tertiary/aromatic N) is 2. The van der Waals surface area contributed by atoms with Crippen molar-refractivity contribution in [3.63, 3.8) is 0 Å². The number of aromatic nitrogens is 2. The van der Waals surface area contributed by atoms with Crippen molar-refractivity contribution in [2.24, 2.45) is 12.8 Å². The van der Waals surface area contributed by atoms with Gasteiger partial charge in [0, 0.05) is 18.8 Å². The molecule has 0 saturated heterocycles. The van der Waals surface area contributed by atoms with Gasteiger partial charge in [0.25, 0.3) is 0 Å². The quantitative estimate of drug-likeness (QED) is 0.806. The van der Waals surface area contributed by atoms with Gasteiger partial charge in [0.2, 0.25) is 0 Å². The van der Waals surface area contributed by atoms with E-state index < -0.39 is 6.09 Å². The molecule has 2 aromatic carbocycles.